The van der Waals surface area contributed by atoms with E-state index >= 15 is 0 Å². The van der Waals surface area contributed by atoms with Crippen LogP contribution in [-0.4, -0.2) is 21.5 Å². The van der Waals surface area contributed by atoms with Crippen molar-refractivity contribution in [1.29, 1.82) is 0 Å². The average Bonchev–Trinajstić information content (AvgIpc) is 2.61. The molecule has 1 aliphatic rings. The number of nitrogens with zero attached hydrogens (tertiary/aromatic N) is 1. The summed E-state index contributed by atoms with van der Waals surface area (Å²) in [6.45, 7) is 6.94. The normalized spacial score (nSPS) is 20.6. The van der Waals surface area contributed by atoms with Crippen molar-refractivity contribution in [2.75, 3.05) is 0 Å². The van der Waals surface area contributed by atoms with Gasteiger partial charge in [-0.15, -0.1) is 0 Å². The summed E-state index contributed by atoms with van der Waals surface area (Å²) in [5.41, 5.74) is -0.155. The van der Waals surface area contributed by atoms with Crippen LogP contribution in [0.4, 0.5) is 0 Å². The fraction of sp³-hybridized carbons (Fsp3) is 0.571. The van der Waals surface area contributed by atoms with Crippen molar-refractivity contribution in [3.05, 3.63) is 45.1 Å². The summed E-state index contributed by atoms with van der Waals surface area (Å²) < 4.78 is 1.47. The second-order valence-electron chi connectivity index (χ2n) is 8.61. The first kappa shape index (κ1) is 19.4. The van der Waals surface area contributed by atoms with Crippen molar-refractivity contribution in [3.8, 4) is 0 Å². The maximum atomic E-state index is 12.6. The van der Waals surface area contributed by atoms with Crippen LogP contribution in [0.3, 0.4) is 0 Å². The molecule has 0 bridgehead atoms. The fourth-order valence-electron chi connectivity index (χ4n) is 4.30. The Bertz CT molecular complexity index is 936. The van der Waals surface area contributed by atoms with E-state index in [-0.39, 0.29) is 30.3 Å². The number of H-pyrrole nitrogens is 1. The summed E-state index contributed by atoms with van der Waals surface area (Å²) in [5.74, 6) is 0.421. The maximum absolute atomic E-state index is 12.6. The number of benzene rings is 1. The molecule has 2 aromatic rings. The van der Waals surface area contributed by atoms with Crippen LogP contribution >= 0.6 is 0 Å². The number of carbonyl (C=O) groups excluding carboxylic acids is 1. The third kappa shape index (κ3) is 4.31. The molecule has 6 nitrogen and oxygen atoms in total. The Kier molecular flexibility index (Phi) is 5.53. The smallest absolute Gasteiger partial charge is 0.328 e. The monoisotopic (exact) mass is 371 g/mol. The van der Waals surface area contributed by atoms with E-state index in [1.165, 1.54) is 11.0 Å². The minimum Gasteiger partial charge on any atom is -0.353 e. The molecule has 2 N–H and O–H groups in total. The number of amides is 1. The molecule has 27 heavy (non-hydrogen) atoms. The minimum atomic E-state index is -0.475. The lowest BCUT2D eigenvalue weighted by Crippen LogP contribution is -2.47. The van der Waals surface area contributed by atoms with E-state index in [1.807, 2.05) is 0 Å². The molecule has 2 unspecified atom stereocenters. The van der Waals surface area contributed by atoms with Gasteiger partial charge in [0.1, 0.15) is 0 Å². The molecule has 146 valence electrons. The summed E-state index contributed by atoms with van der Waals surface area (Å²) >= 11 is 0. The molecule has 1 aromatic carbocycles. The van der Waals surface area contributed by atoms with Crippen molar-refractivity contribution in [3.63, 3.8) is 0 Å². The summed E-state index contributed by atoms with van der Waals surface area (Å²) in [5, 5.41) is 3.65. The molecular weight excluding hydrogens is 342 g/mol. The first-order valence-corrected chi connectivity index (χ1v) is 9.78. The van der Waals surface area contributed by atoms with Gasteiger partial charge in [-0.1, -0.05) is 45.7 Å². The Morgan fingerprint density at radius 1 is 1.19 bits per heavy atom. The number of fused-ring (bicyclic) bond motifs is 1. The van der Waals surface area contributed by atoms with Gasteiger partial charge in [-0.05, 0) is 36.3 Å². The van der Waals surface area contributed by atoms with Crippen LogP contribution in [0, 0.1) is 11.3 Å². The molecule has 1 amide bonds. The molecule has 1 aliphatic carbocycles. The standard InChI is InChI=1S/C21H29N3O3/c1-21(2,3)15-9-5-6-10-16(15)22-18(25)12-13-24-17-11-7-4-8-14(17)19(26)23-20(24)27/h4,7-8,11,15-16H,5-6,9-10,12-13H2,1-3H3,(H,22,25)(H,23,26,27). The number of rotatable bonds is 4. The molecule has 2 atom stereocenters. The number of aromatic nitrogens is 2. The van der Waals surface area contributed by atoms with Gasteiger partial charge < -0.3 is 5.32 Å². The summed E-state index contributed by atoms with van der Waals surface area (Å²) in [6.07, 6.45) is 4.71. The first-order chi connectivity index (χ1) is 12.8. The van der Waals surface area contributed by atoms with Gasteiger partial charge in [-0.25, -0.2) is 4.79 Å². The van der Waals surface area contributed by atoms with Gasteiger partial charge in [0.25, 0.3) is 5.56 Å². The molecule has 1 heterocycles. The van der Waals surface area contributed by atoms with Crippen molar-refractivity contribution in [1.82, 2.24) is 14.9 Å². The van der Waals surface area contributed by atoms with E-state index < -0.39 is 11.2 Å². The van der Waals surface area contributed by atoms with Crippen LogP contribution in [0.15, 0.2) is 33.9 Å². The Labute approximate surface area is 159 Å². The van der Waals surface area contributed by atoms with Gasteiger partial charge >= 0.3 is 5.69 Å². The summed E-state index contributed by atoms with van der Waals surface area (Å²) in [7, 11) is 0. The van der Waals surface area contributed by atoms with Crippen molar-refractivity contribution < 1.29 is 4.79 Å². The SMILES string of the molecule is CC(C)(C)C1CCCCC1NC(=O)CCn1c(=O)[nH]c(=O)c2ccccc21. The van der Waals surface area contributed by atoms with Gasteiger partial charge in [0, 0.05) is 19.0 Å². The van der Waals surface area contributed by atoms with E-state index in [0.29, 0.717) is 16.8 Å². The van der Waals surface area contributed by atoms with E-state index in [1.54, 1.807) is 24.3 Å². The van der Waals surface area contributed by atoms with Crippen molar-refractivity contribution in [2.24, 2.45) is 11.3 Å². The Morgan fingerprint density at radius 2 is 1.89 bits per heavy atom. The van der Waals surface area contributed by atoms with Crippen LogP contribution < -0.4 is 16.6 Å². The zero-order chi connectivity index (χ0) is 19.6. The van der Waals surface area contributed by atoms with Gasteiger partial charge in [-0.3, -0.25) is 19.1 Å². The maximum Gasteiger partial charge on any atom is 0.328 e. The van der Waals surface area contributed by atoms with Gasteiger partial charge in [-0.2, -0.15) is 0 Å². The predicted molar refractivity (Wildman–Crippen MR) is 107 cm³/mol. The number of aromatic amines is 1. The number of hydrogen-bond donors (Lipinski definition) is 2. The molecule has 6 heteroatoms. The third-order valence-corrected chi connectivity index (χ3v) is 5.69. The van der Waals surface area contributed by atoms with E-state index in [2.05, 4.69) is 31.1 Å². The molecule has 3 rings (SSSR count). The number of para-hydroxylation sites is 1. The number of carbonyl (C=O) groups is 1. The zero-order valence-corrected chi connectivity index (χ0v) is 16.4. The van der Waals surface area contributed by atoms with E-state index in [9.17, 15) is 14.4 Å². The third-order valence-electron chi connectivity index (χ3n) is 5.69. The number of nitrogens with one attached hydrogen (secondary N) is 2. The second kappa shape index (κ2) is 7.71. The van der Waals surface area contributed by atoms with Crippen molar-refractivity contribution >= 4 is 16.8 Å². The number of aryl methyl sites for hydroxylation is 1. The highest BCUT2D eigenvalue weighted by molar-refractivity contribution is 5.79. The molecule has 0 aliphatic heterocycles. The molecule has 0 spiro atoms. The molecule has 1 aromatic heterocycles. The molecule has 1 saturated carbocycles. The van der Waals surface area contributed by atoms with E-state index in [0.717, 1.165) is 19.3 Å². The van der Waals surface area contributed by atoms with E-state index in [4.69, 9.17) is 0 Å². The Hall–Kier alpha value is -2.37. The highest BCUT2D eigenvalue weighted by Crippen LogP contribution is 2.38. The Morgan fingerprint density at radius 3 is 2.63 bits per heavy atom. The predicted octanol–water partition coefficient (Wildman–Crippen LogP) is 2.80. The first-order valence-electron chi connectivity index (χ1n) is 9.78. The number of hydrogen-bond acceptors (Lipinski definition) is 3. The average molecular weight is 371 g/mol. The van der Waals surface area contributed by atoms with Crippen LogP contribution in [0.1, 0.15) is 52.9 Å². The molecule has 0 saturated heterocycles. The molecule has 0 radical (unpaired) electrons. The van der Waals surface area contributed by atoms with Gasteiger partial charge in [0.2, 0.25) is 5.91 Å². The van der Waals surface area contributed by atoms with Crippen LogP contribution in [0.2, 0.25) is 0 Å². The Balaban J connectivity index is 1.72. The largest absolute Gasteiger partial charge is 0.353 e. The zero-order valence-electron chi connectivity index (χ0n) is 16.4. The molecule has 1 fully saturated rings. The highest BCUT2D eigenvalue weighted by Gasteiger charge is 2.34. The minimum absolute atomic E-state index is 0.0432. The van der Waals surface area contributed by atoms with Crippen molar-refractivity contribution in [2.45, 2.75) is 65.5 Å². The molecular formula is C21H29N3O3. The van der Waals surface area contributed by atoms with Gasteiger partial charge in [0.15, 0.2) is 0 Å². The highest BCUT2D eigenvalue weighted by atomic mass is 16.2. The summed E-state index contributed by atoms with van der Waals surface area (Å²) in [6, 6.07) is 7.15. The topological polar surface area (TPSA) is 84.0 Å². The lowest BCUT2D eigenvalue weighted by Gasteiger charge is -2.40. The van der Waals surface area contributed by atoms with Crippen LogP contribution in [0.5, 0.6) is 0 Å². The lowest BCUT2D eigenvalue weighted by molar-refractivity contribution is -0.123. The second-order valence-corrected chi connectivity index (χ2v) is 8.61. The van der Waals surface area contributed by atoms with Crippen LogP contribution in [-0.2, 0) is 11.3 Å². The summed E-state index contributed by atoms with van der Waals surface area (Å²) in [4.78, 5) is 39.1. The quantitative estimate of drug-likeness (QED) is 0.867. The van der Waals surface area contributed by atoms with Crippen LogP contribution in [0.25, 0.3) is 10.9 Å². The fourth-order valence-corrected chi connectivity index (χ4v) is 4.30. The lowest BCUT2D eigenvalue weighted by atomic mass is 9.69. The van der Waals surface area contributed by atoms with Gasteiger partial charge in [0.05, 0.1) is 10.9 Å².